The number of nitrogens with zero attached hydrogens (tertiary/aromatic N) is 1. The number of ether oxygens (including phenoxy) is 1. The van der Waals surface area contributed by atoms with E-state index in [0.29, 0.717) is 12.5 Å². The van der Waals surface area contributed by atoms with Crippen LogP contribution in [0, 0.1) is 11.8 Å². The van der Waals surface area contributed by atoms with E-state index in [1.807, 2.05) is 0 Å². The molecule has 3 rings (SSSR count). The van der Waals surface area contributed by atoms with Gasteiger partial charge < -0.3 is 10.1 Å². The maximum Gasteiger partial charge on any atom is 0.229 e. The van der Waals surface area contributed by atoms with Crippen LogP contribution in [0.4, 0.5) is 5.13 Å². The van der Waals surface area contributed by atoms with Crippen molar-refractivity contribution in [2.75, 3.05) is 11.9 Å². The molecule has 1 saturated carbocycles. The molecule has 0 radical (unpaired) electrons. The van der Waals surface area contributed by atoms with Crippen molar-refractivity contribution >= 4 is 22.4 Å². The van der Waals surface area contributed by atoms with E-state index in [-0.39, 0.29) is 11.8 Å². The van der Waals surface area contributed by atoms with Gasteiger partial charge in [0, 0.05) is 12.3 Å². The van der Waals surface area contributed by atoms with Gasteiger partial charge in [0.2, 0.25) is 5.91 Å². The van der Waals surface area contributed by atoms with Gasteiger partial charge in [-0.2, -0.15) is 0 Å². The minimum absolute atomic E-state index is 0.125. The molecule has 5 heteroatoms. The number of hydrogen-bond donors (Lipinski definition) is 1. The predicted molar refractivity (Wildman–Crippen MR) is 61.4 cm³/mol. The van der Waals surface area contributed by atoms with Crippen LogP contribution in [0.1, 0.15) is 23.9 Å². The SMILES string of the molecule is C[C@@H]1C[C@H]1C(=O)Nc1nc2c(s1)COCC2. The highest BCUT2D eigenvalue weighted by molar-refractivity contribution is 7.15. The summed E-state index contributed by atoms with van der Waals surface area (Å²) in [4.78, 5) is 17.3. The molecule has 0 bridgehead atoms. The van der Waals surface area contributed by atoms with Gasteiger partial charge in [0.05, 0.1) is 23.8 Å². The number of carbonyl (C=O) groups excluding carboxylic acids is 1. The number of nitrogens with one attached hydrogen (secondary N) is 1. The Bertz CT molecular complexity index is 406. The molecule has 0 saturated heterocycles. The van der Waals surface area contributed by atoms with Crippen molar-refractivity contribution in [3.05, 3.63) is 10.6 Å². The van der Waals surface area contributed by atoms with Gasteiger partial charge in [0.25, 0.3) is 0 Å². The monoisotopic (exact) mass is 238 g/mol. The molecule has 0 spiro atoms. The van der Waals surface area contributed by atoms with Crippen LogP contribution in [0.15, 0.2) is 0 Å². The molecule has 0 unspecified atom stereocenters. The molecule has 2 heterocycles. The Balaban J connectivity index is 1.70. The van der Waals surface area contributed by atoms with Crippen LogP contribution in [0.2, 0.25) is 0 Å². The van der Waals surface area contributed by atoms with Gasteiger partial charge in [-0.1, -0.05) is 18.3 Å². The van der Waals surface area contributed by atoms with E-state index in [2.05, 4.69) is 17.2 Å². The minimum Gasteiger partial charge on any atom is -0.375 e. The molecule has 86 valence electrons. The lowest BCUT2D eigenvalue weighted by Gasteiger charge is -2.08. The Morgan fingerprint density at radius 2 is 2.44 bits per heavy atom. The van der Waals surface area contributed by atoms with E-state index in [1.165, 1.54) is 0 Å². The van der Waals surface area contributed by atoms with Crippen LogP contribution in [0.25, 0.3) is 0 Å². The number of thiazole rings is 1. The summed E-state index contributed by atoms with van der Waals surface area (Å²) in [6.45, 7) is 3.48. The van der Waals surface area contributed by atoms with Gasteiger partial charge in [0.15, 0.2) is 5.13 Å². The average Bonchev–Trinajstić information content (AvgIpc) is 2.87. The molecule has 4 nitrogen and oxygen atoms in total. The molecule has 2 atom stereocenters. The number of hydrogen-bond acceptors (Lipinski definition) is 4. The van der Waals surface area contributed by atoms with E-state index in [9.17, 15) is 4.79 Å². The summed E-state index contributed by atoms with van der Waals surface area (Å²) < 4.78 is 5.35. The third kappa shape index (κ3) is 1.85. The Kier molecular flexibility index (Phi) is 2.44. The van der Waals surface area contributed by atoms with Crippen molar-refractivity contribution in [1.82, 2.24) is 4.98 Å². The fourth-order valence-electron chi connectivity index (χ4n) is 1.96. The molecule has 1 fully saturated rings. The highest BCUT2D eigenvalue weighted by atomic mass is 32.1. The molecular weight excluding hydrogens is 224 g/mol. The lowest BCUT2D eigenvalue weighted by atomic mass is 10.2. The molecule has 0 aromatic carbocycles. The van der Waals surface area contributed by atoms with Crippen molar-refractivity contribution < 1.29 is 9.53 Å². The Morgan fingerprint density at radius 1 is 1.62 bits per heavy atom. The number of anilines is 1. The summed E-state index contributed by atoms with van der Waals surface area (Å²) in [6.07, 6.45) is 1.88. The van der Waals surface area contributed by atoms with E-state index in [0.717, 1.165) is 35.2 Å². The largest absolute Gasteiger partial charge is 0.375 e. The highest BCUT2D eigenvalue weighted by Crippen LogP contribution is 2.39. The highest BCUT2D eigenvalue weighted by Gasteiger charge is 2.39. The summed E-state index contributed by atoms with van der Waals surface area (Å²) in [7, 11) is 0. The van der Waals surface area contributed by atoms with Crippen LogP contribution in [0.5, 0.6) is 0 Å². The van der Waals surface area contributed by atoms with Gasteiger partial charge in [-0.05, 0) is 12.3 Å². The predicted octanol–water partition coefficient (Wildman–Crippen LogP) is 1.81. The maximum absolute atomic E-state index is 11.7. The van der Waals surface area contributed by atoms with E-state index in [1.54, 1.807) is 11.3 Å². The van der Waals surface area contributed by atoms with Crippen LogP contribution in [-0.2, 0) is 22.6 Å². The number of fused-ring (bicyclic) bond motifs is 1. The van der Waals surface area contributed by atoms with Gasteiger partial charge in [-0.25, -0.2) is 4.98 Å². The summed E-state index contributed by atoms with van der Waals surface area (Å²) in [5.41, 5.74) is 1.09. The van der Waals surface area contributed by atoms with Crippen molar-refractivity contribution in [3.63, 3.8) is 0 Å². The van der Waals surface area contributed by atoms with E-state index >= 15 is 0 Å². The van der Waals surface area contributed by atoms with Crippen LogP contribution in [0.3, 0.4) is 0 Å². The molecular formula is C11H14N2O2S. The zero-order chi connectivity index (χ0) is 11.1. The zero-order valence-corrected chi connectivity index (χ0v) is 9.97. The van der Waals surface area contributed by atoms with Crippen LogP contribution >= 0.6 is 11.3 Å². The number of aromatic nitrogens is 1. The first-order valence-electron chi connectivity index (χ1n) is 5.61. The van der Waals surface area contributed by atoms with Crippen molar-refractivity contribution in [1.29, 1.82) is 0 Å². The smallest absolute Gasteiger partial charge is 0.229 e. The van der Waals surface area contributed by atoms with Crippen molar-refractivity contribution in [2.24, 2.45) is 11.8 Å². The standard InChI is InChI=1S/C11H14N2O2S/c1-6-4-7(6)10(14)13-11-12-8-2-3-15-5-9(8)16-11/h6-7H,2-5H2,1H3,(H,12,13,14)/t6-,7-/m1/s1. The topological polar surface area (TPSA) is 51.2 Å². The van der Waals surface area contributed by atoms with E-state index < -0.39 is 0 Å². The first kappa shape index (κ1) is 10.2. The zero-order valence-electron chi connectivity index (χ0n) is 9.16. The second-order valence-electron chi connectivity index (χ2n) is 4.50. The molecule has 1 aliphatic carbocycles. The molecule has 2 aliphatic rings. The Labute approximate surface area is 98.0 Å². The molecule has 1 aromatic heterocycles. The summed E-state index contributed by atoms with van der Waals surface area (Å²) in [5, 5.41) is 3.64. The summed E-state index contributed by atoms with van der Waals surface area (Å²) >= 11 is 1.54. The summed E-state index contributed by atoms with van der Waals surface area (Å²) in [5.74, 6) is 0.870. The van der Waals surface area contributed by atoms with Gasteiger partial charge in [0.1, 0.15) is 0 Å². The Hall–Kier alpha value is -0.940. The lowest BCUT2D eigenvalue weighted by molar-refractivity contribution is -0.117. The summed E-state index contributed by atoms with van der Waals surface area (Å²) in [6, 6.07) is 0. The van der Waals surface area contributed by atoms with Crippen LogP contribution < -0.4 is 5.32 Å². The third-order valence-corrected chi connectivity index (χ3v) is 4.16. The molecule has 16 heavy (non-hydrogen) atoms. The molecule has 1 aliphatic heterocycles. The molecule has 1 aromatic rings. The number of carbonyl (C=O) groups is 1. The first-order valence-corrected chi connectivity index (χ1v) is 6.43. The fourth-order valence-corrected chi connectivity index (χ4v) is 2.91. The third-order valence-electron chi connectivity index (χ3n) is 3.17. The minimum atomic E-state index is 0.125. The van der Waals surface area contributed by atoms with Crippen LogP contribution in [-0.4, -0.2) is 17.5 Å². The molecule has 1 N–H and O–H groups in total. The number of amides is 1. The average molecular weight is 238 g/mol. The first-order chi connectivity index (χ1) is 7.74. The van der Waals surface area contributed by atoms with Gasteiger partial charge in [-0.15, -0.1) is 0 Å². The maximum atomic E-state index is 11.7. The lowest BCUT2D eigenvalue weighted by Crippen LogP contribution is -2.14. The van der Waals surface area contributed by atoms with Crippen molar-refractivity contribution in [2.45, 2.75) is 26.4 Å². The second kappa shape index (κ2) is 3.82. The van der Waals surface area contributed by atoms with Crippen molar-refractivity contribution in [3.8, 4) is 0 Å². The van der Waals surface area contributed by atoms with E-state index in [4.69, 9.17) is 4.74 Å². The van der Waals surface area contributed by atoms with Gasteiger partial charge in [-0.3, -0.25) is 4.79 Å². The second-order valence-corrected chi connectivity index (χ2v) is 5.58. The van der Waals surface area contributed by atoms with Gasteiger partial charge >= 0.3 is 0 Å². The normalized spacial score (nSPS) is 27.3. The fraction of sp³-hybridized carbons (Fsp3) is 0.636. The Morgan fingerprint density at radius 3 is 3.12 bits per heavy atom. The quantitative estimate of drug-likeness (QED) is 0.855. The molecule has 1 amide bonds. The number of rotatable bonds is 2.